The smallest absolute Gasteiger partial charge is 0.319 e. The molecule has 1 atom stereocenters. The number of hydrogen-bond acceptors (Lipinski definition) is 6. The molecule has 9 nitrogen and oxygen atoms in total. The van der Waals surface area contributed by atoms with Crippen LogP contribution in [0.5, 0.6) is 11.5 Å². The Balaban J connectivity index is 1.69. The SMILES string of the molecule is COc1ccc(OC)c([C@@H](C)NC(=O)Nc2ccc(-n3cnnn3)c(C)c2)c1. The van der Waals surface area contributed by atoms with E-state index in [9.17, 15) is 4.79 Å². The maximum absolute atomic E-state index is 12.4. The number of ether oxygens (including phenoxy) is 2. The van der Waals surface area contributed by atoms with Gasteiger partial charge in [-0.05, 0) is 66.2 Å². The number of aromatic nitrogens is 4. The molecule has 1 heterocycles. The fourth-order valence-corrected chi connectivity index (χ4v) is 2.88. The van der Waals surface area contributed by atoms with Crippen LogP contribution >= 0.6 is 0 Å². The molecule has 0 radical (unpaired) electrons. The number of benzene rings is 2. The maximum atomic E-state index is 12.4. The van der Waals surface area contributed by atoms with Crippen LogP contribution in [0.1, 0.15) is 24.1 Å². The molecule has 0 bridgehead atoms. The van der Waals surface area contributed by atoms with Gasteiger partial charge < -0.3 is 20.1 Å². The molecule has 9 heteroatoms. The Morgan fingerprint density at radius 3 is 2.61 bits per heavy atom. The number of hydrogen-bond donors (Lipinski definition) is 2. The minimum atomic E-state index is -0.327. The van der Waals surface area contributed by atoms with Gasteiger partial charge in [0.1, 0.15) is 17.8 Å². The summed E-state index contributed by atoms with van der Waals surface area (Å²) in [6.07, 6.45) is 1.52. The molecule has 0 aliphatic heterocycles. The van der Waals surface area contributed by atoms with E-state index in [0.717, 1.165) is 16.8 Å². The molecule has 1 aromatic heterocycles. The number of carbonyl (C=O) groups excluding carboxylic acids is 1. The first-order valence-electron chi connectivity index (χ1n) is 8.65. The third-order valence-electron chi connectivity index (χ3n) is 4.30. The normalized spacial score (nSPS) is 11.6. The number of urea groups is 1. The number of nitrogens with zero attached hydrogens (tertiary/aromatic N) is 4. The third kappa shape index (κ3) is 4.20. The molecule has 2 N–H and O–H groups in total. The average molecular weight is 382 g/mol. The van der Waals surface area contributed by atoms with Crippen LogP contribution in [0.15, 0.2) is 42.7 Å². The van der Waals surface area contributed by atoms with E-state index in [1.54, 1.807) is 25.0 Å². The van der Waals surface area contributed by atoms with Gasteiger partial charge in [0.25, 0.3) is 0 Å². The fraction of sp³-hybridized carbons (Fsp3) is 0.263. The van der Waals surface area contributed by atoms with Crippen LogP contribution in [0.3, 0.4) is 0 Å². The minimum absolute atomic E-state index is 0.286. The summed E-state index contributed by atoms with van der Waals surface area (Å²) in [5, 5.41) is 16.9. The highest BCUT2D eigenvalue weighted by Crippen LogP contribution is 2.29. The van der Waals surface area contributed by atoms with Crippen LogP contribution in [0, 0.1) is 6.92 Å². The molecular weight excluding hydrogens is 360 g/mol. The second-order valence-electron chi connectivity index (χ2n) is 6.18. The molecule has 0 aliphatic carbocycles. The van der Waals surface area contributed by atoms with E-state index in [1.165, 1.54) is 6.33 Å². The van der Waals surface area contributed by atoms with Crippen molar-refractivity contribution in [3.8, 4) is 17.2 Å². The Morgan fingerprint density at radius 2 is 1.96 bits per heavy atom. The van der Waals surface area contributed by atoms with Crippen molar-refractivity contribution in [3.63, 3.8) is 0 Å². The molecule has 146 valence electrons. The summed E-state index contributed by atoms with van der Waals surface area (Å²) in [6.45, 7) is 3.80. The zero-order valence-electron chi connectivity index (χ0n) is 16.1. The quantitative estimate of drug-likeness (QED) is 0.679. The van der Waals surface area contributed by atoms with Gasteiger partial charge in [-0.25, -0.2) is 9.48 Å². The third-order valence-corrected chi connectivity index (χ3v) is 4.30. The maximum Gasteiger partial charge on any atom is 0.319 e. The summed E-state index contributed by atoms with van der Waals surface area (Å²) in [7, 11) is 3.19. The van der Waals surface area contributed by atoms with E-state index in [1.807, 2.05) is 44.2 Å². The summed E-state index contributed by atoms with van der Waals surface area (Å²) in [5.41, 5.74) is 3.25. The Hall–Kier alpha value is -3.62. The van der Waals surface area contributed by atoms with Crippen molar-refractivity contribution >= 4 is 11.7 Å². The Morgan fingerprint density at radius 1 is 1.14 bits per heavy atom. The zero-order chi connectivity index (χ0) is 20.1. The topological polar surface area (TPSA) is 103 Å². The monoisotopic (exact) mass is 382 g/mol. The van der Waals surface area contributed by atoms with E-state index < -0.39 is 0 Å². The highest BCUT2D eigenvalue weighted by Gasteiger charge is 2.15. The molecule has 0 saturated carbocycles. The Kier molecular flexibility index (Phi) is 5.73. The van der Waals surface area contributed by atoms with Crippen molar-refractivity contribution in [1.82, 2.24) is 25.5 Å². The predicted molar refractivity (Wildman–Crippen MR) is 104 cm³/mol. The molecule has 0 spiro atoms. The molecule has 2 aromatic carbocycles. The number of aryl methyl sites for hydroxylation is 1. The molecule has 0 fully saturated rings. The first-order valence-corrected chi connectivity index (χ1v) is 8.65. The minimum Gasteiger partial charge on any atom is -0.497 e. The van der Waals surface area contributed by atoms with Gasteiger partial charge in [0, 0.05) is 11.3 Å². The Bertz CT molecular complexity index is 958. The molecule has 3 rings (SSSR count). The van der Waals surface area contributed by atoms with Gasteiger partial charge in [0.2, 0.25) is 0 Å². The first-order chi connectivity index (χ1) is 13.5. The van der Waals surface area contributed by atoms with Gasteiger partial charge in [-0.1, -0.05) is 0 Å². The van der Waals surface area contributed by atoms with Gasteiger partial charge in [0.05, 0.1) is 25.9 Å². The fourth-order valence-electron chi connectivity index (χ4n) is 2.88. The van der Waals surface area contributed by atoms with Crippen LogP contribution in [0.25, 0.3) is 5.69 Å². The van der Waals surface area contributed by atoms with E-state index in [4.69, 9.17) is 9.47 Å². The van der Waals surface area contributed by atoms with Gasteiger partial charge >= 0.3 is 6.03 Å². The number of amides is 2. The van der Waals surface area contributed by atoms with Crippen LogP contribution in [-0.2, 0) is 0 Å². The zero-order valence-corrected chi connectivity index (χ0v) is 16.1. The van der Waals surface area contributed by atoms with E-state index in [0.29, 0.717) is 17.2 Å². The van der Waals surface area contributed by atoms with E-state index in [-0.39, 0.29) is 12.1 Å². The lowest BCUT2D eigenvalue weighted by molar-refractivity contribution is 0.249. The van der Waals surface area contributed by atoms with Gasteiger partial charge in [-0.3, -0.25) is 0 Å². The highest BCUT2D eigenvalue weighted by molar-refractivity contribution is 5.89. The van der Waals surface area contributed by atoms with Crippen LogP contribution in [-0.4, -0.2) is 40.5 Å². The molecule has 28 heavy (non-hydrogen) atoms. The molecular formula is C19H22N6O3. The van der Waals surface area contributed by atoms with Crippen molar-refractivity contribution < 1.29 is 14.3 Å². The molecule has 3 aromatic rings. The summed E-state index contributed by atoms with van der Waals surface area (Å²) in [4.78, 5) is 12.4. The summed E-state index contributed by atoms with van der Waals surface area (Å²) >= 11 is 0. The lowest BCUT2D eigenvalue weighted by atomic mass is 10.1. The standard InChI is InChI=1S/C19H22N6O3/c1-12-9-14(5-7-17(12)25-11-20-23-24-25)22-19(26)21-13(2)16-10-15(27-3)6-8-18(16)28-4/h5-11,13H,1-4H3,(H2,21,22,26)/t13-/m1/s1. The summed E-state index contributed by atoms with van der Waals surface area (Å²) in [6, 6.07) is 10.3. The number of anilines is 1. The Labute approximate surface area is 162 Å². The lowest BCUT2D eigenvalue weighted by Gasteiger charge is -2.19. The van der Waals surface area contributed by atoms with E-state index in [2.05, 4.69) is 26.2 Å². The second-order valence-corrected chi connectivity index (χ2v) is 6.18. The molecule has 2 amide bonds. The van der Waals surface area contributed by atoms with Crippen LogP contribution < -0.4 is 20.1 Å². The van der Waals surface area contributed by atoms with Gasteiger partial charge in [-0.2, -0.15) is 0 Å². The van der Waals surface area contributed by atoms with E-state index >= 15 is 0 Å². The van der Waals surface area contributed by atoms with Crippen LogP contribution in [0.2, 0.25) is 0 Å². The molecule has 0 unspecified atom stereocenters. The molecule has 0 aliphatic rings. The highest BCUT2D eigenvalue weighted by atomic mass is 16.5. The second kappa shape index (κ2) is 8.38. The van der Waals surface area contributed by atoms with Crippen molar-refractivity contribution in [1.29, 1.82) is 0 Å². The summed E-state index contributed by atoms with van der Waals surface area (Å²) < 4.78 is 12.2. The average Bonchev–Trinajstić information content (AvgIpc) is 3.21. The van der Waals surface area contributed by atoms with Crippen molar-refractivity contribution in [3.05, 3.63) is 53.9 Å². The summed E-state index contributed by atoms with van der Waals surface area (Å²) in [5.74, 6) is 1.37. The lowest BCUT2D eigenvalue weighted by Crippen LogP contribution is -2.31. The first kappa shape index (κ1) is 19.2. The number of nitrogens with one attached hydrogen (secondary N) is 2. The largest absolute Gasteiger partial charge is 0.497 e. The van der Waals surface area contributed by atoms with Crippen LogP contribution in [0.4, 0.5) is 10.5 Å². The van der Waals surface area contributed by atoms with Gasteiger partial charge in [-0.15, -0.1) is 5.10 Å². The van der Waals surface area contributed by atoms with Crippen molar-refractivity contribution in [2.24, 2.45) is 0 Å². The number of rotatable bonds is 6. The number of tetrazole rings is 1. The predicted octanol–water partition coefficient (Wildman–Crippen LogP) is 2.87. The van der Waals surface area contributed by atoms with Crippen molar-refractivity contribution in [2.45, 2.75) is 19.9 Å². The molecule has 0 saturated heterocycles. The van der Waals surface area contributed by atoms with Gasteiger partial charge in [0.15, 0.2) is 0 Å². The number of methoxy groups -OCH3 is 2. The van der Waals surface area contributed by atoms with Crippen molar-refractivity contribution in [2.75, 3.05) is 19.5 Å². The number of carbonyl (C=O) groups is 1.